The van der Waals surface area contributed by atoms with E-state index in [1.54, 1.807) is 0 Å². The van der Waals surface area contributed by atoms with Crippen molar-refractivity contribution in [3.63, 3.8) is 0 Å². The van der Waals surface area contributed by atoms with Gasteiger partial charge in [0.05, 0.1) is 0 Å². The Hall–Kier alpha value is -1.14. The molecule has 6 nitrogen and oxygen atoms in total. The van der Waals surface area contributed by atoms with Gasteiger partial charge in [0, 0.05) is 18.9 Å². The van der Waals surface area contributed by atoms with E-state index in [2.05, 4.69) is 10.3 Å². The molecule has 98 valence electrons. The molecule has 0 aromatic heterocycles. The van der Waals surface area contributed by atoms with Crippen LogP contribution >= 0.6 is 0 Å². The number of carbonyl (C=O) groups is 2. The summed E-state index contributed by atoms with van der Waals surface area (Å²) in [5.74, 6) is 5.09. The van der Waals surface area contributed by atoms with E-state index in [0.717, 1.165) is 25.9 Å². The summed E-state index contributed by atoms with van der Waals surface area (Å²) in [5.41, 5.74) is 7.33. The highest BCUT2D eigenvalue weighted by molar-refractivity contribution is 5.75. The molecule has 0 aliphatic carbocycles. The lowest BCUT2D eigenvalue weighted by molar-refractivity contribution is -0.122. The average Bonchev–Trinajstić information content (AvgIpc) is 2.28. The molecular formula is C11H22N4O2. The molecule has 5 N–H and O–H groups in total. The molecule has 1 fully saturated rings. The smallest absolute Gasteiger partial charge is 0.235 e. The van der Waals surface area contributed by atoms with Crippen molar-refractivity contribution < 1.29 is 9.59 Å². The Morgan fingerprint density at radius 2 is 2.00 bits per heavy atom. The van der Waals surface area contributed by atoms with Crippen LogP contribution in [0, 0.1) is 5.92 Å². The van der Waals surface area contributed by atoms with Crippen molar-refractivity contribution in [2.75, 3.05) is 13.1 Å². The largest absolute Gasteiger partial charge is 0.370 e. The quantitative estimate of drug-likeness (QED) is 0.338. The van der Waals surface area contributed by atoms with Crippen LogP contribution in [0.3, 0.4) is 0 Å². The van der Waals surface area contributed by atoms with Gasteiger partial charge in [-0.15, -0.1) is 0 Å². The molecule has 0 aromatic carbocycles. The molecule has 1 saturated heterocycles. The Bertz CT molecular complexity index is 275. The summed E-state index contributed by atoms with van der Waals surface area (Å²) in [4.78, 5) is 24.2. The van der Waals surface area contributed by atoms with E-state index in [9.17, 15) is 9.59 Å². The van der Waals surface area contributed by atoms with Crippen molar-refractivity contribution in [3.8, 4) is 0 Å². The fraction of sp³-hybridized carbons (Fsp3) is 0.818. The average molecular weight is 242 g/mol. The number of nitrogens with two attached hydrogens (primary N) is 2. The zero-order chi connectivity index (χ0) is 12.8. The lowest BCUT2D eigenvalue weighted by Gasteiger charge is -2.35. The van der Waals surface area contributed by atoms with E-state index < -0.39 is 0 Å². The van der Waals surface area contributed by atoms with Gasteiger partial charge in [-0.3, -0.25) is 15.0 Å². The van der Waals surface area contributed by atoms with Gasteiger partial charge in [-0.25, -0.2) is 5.84 Å². The molecule has 0 radical (unpaired) electrons. The van der Waals surface area contributed by atoms with Crippen molar-refractivity contribution in [2.24, 2.45) is 17.5 Å². The second-order valence-electron chi connectivity index (χ2n) is 4.77. The molecule has 1 aliphatic heterocycles. The summed E-state index contributed by atoms with van der Waals surface area (Å²) >= 11 is 0. The lowest BCUT2D eigenvalue weighted by atomic mass is 9.92. The maximum atomic E-state index is 11.2. The molecule has 0 bridgehead atoms. The highest BCUT2D eigenvalue weighted by Crippen LogP contribution is 2.22. The Balaban J connectivity index is 2.30. The topological polar surface area (TPSA) is 101 Å². The van der Waals surface area contributed by atoms with Gasteiger partial charge in [-0.1, -0.05) is 0 Å². The summed E-state index contributed by atoms with van der Waals surface area (Å²) < 4.78 is 0. The van der Waals surface area contributed by atoms with Crippen molar-refractivity contribution in [2.45, 2.75) is 38.6 Å². The Labute approximate surface area is 102 Å². The Morgan fingerprint density at radius 3 is 2.47 bits per heavy atom. The maximum Gasteiger partial charge on any atom is 0.235 e. The first kappa shape index (κ1) is 13.9. The predicted molar refractivity (Wildman–Crippen MR) is 64.5 cm³/mol. The molecule has 1 unspecified atom stereocenters. The normalized spacial score (nSPS) is 19.9. The minimum atomic E-state index is -0.223. The minimum absolute atomic E-state index is 0.142. The second-order valence-corrected chi connectivity index (χ2v) is 4.77. The molecule has 1 rings (SSSR count). The minimum Gasteiger partial charge on any atom is -0.370 e. The number of primary amides is 1. The number of nitrogens with one attached hydrogen (secondary N) is 1. The van der Waals surface area contributed by atoms with Crippen LogP contribution in [0.15, 0.2) is 0 Å². The molecule has 0 saturated carbocycles. The molecule has 0 spiro atoms. The molecule has 1 heterocycles. The summed E-state index contributed by atoms with van der Waals surface area (Å²) in [6, 6.07) is 0.188. The molecule has 6 heteroatoms. The molecule has 1 atom stereocenters. The number of hydrogen-bond acceptors (Lipinski definition) is 4. The van der Waals surface area contributed by atoms with Gasteiger partial charge in [-0.05, 0) is 38.8 Å². The van der Waals surface area contributed by atoms with E-state index in [1.165, 1.54) is 0 Å². The van der Waals surface area contributed by atoms with Crippen molar-refractivity contribution in [3.05, 3.63) is 0 Å². The number of carbonyl (C=O) groups excluding carboxylic acids is 2. The summed E-state index contributed by atoms with van der Waals surface area (Å²) in [6.45, 7) is 3.84. The highest BCUT2D eigenvalue weighted by Gasteiger charge is 2.24. The first-order valence-corrected chi connectivity index (χ1v) is 6.04. The van der Waals surface area contributed by atoms with Gasteiger partial charge in [0.1, 0.15) is 0 Å². The molecule has 2 amide bonds. The third-order valence-corrected chi connectivity index (χ3v) is 3.40. The van der Waals surface area contributed by atoms with Gasteiger partial charge in [-0.2, -0.15) is 0 Å². The van der Waals surface area contributed by atoms with Crippen LogP contribution in [-0.4, -0.2) is 35.8 Å². The fourth-order valence-corrected chi connectivity index (χ4v) is 2.34. The van der Waals surface area contributed by atoms with E-state index in [4.69, 9.17) is 11.6 Å². The molecular weight excluding hydrogens is 220 g/mol. The van der Waals surface area contributed by atoms with Gasteiger partial charge >= 0.3 is 0 Å². The first-order valence-electron chi connectivity index (χ1n) is 6.04. The van der Waals surface area contributed by atoms with E-state index in [0.29, 0.717) is 18.8 Å². The number of rotatable bonds is 5. The van der Waals surface area contributed by atoms with Crippen LogP contribution in [0.4, 0.5) is 0 Å². The summed E-state index contributed by atoms with van der Waals surface area (Å²) in [6.07, 6.45) is 2.83. The molecule has 17 heavy (non-hydrogen) atoms. The first-order chi connectivity index (χ1) is 8.02. The number of nitrogens with zero attached hydrogens (tertiary/aromatic N) is 1. The van der Waals surface area contributed by atoms with Crippen molar-refractivity contribution in [1.82, 2.24) is 10.3 Å². The van der Waals surface area contributed by atoms with Gasteiger partial charge in [0.25, 0.3) is 0 Å². The van der Waals surface area contributed by atoms with Crippen molar-refractivity contribution >= 4 is 11.8 Å². The number of hydrazine groups is 1. The van der Waals surface area contributed by atoms with Crippen LogP contribution in [-0.2, 0) is 9.59 Å². The lowest BCUT2D eigenvalue weighted by Crippen LogP contribution is -2.43. The van der Waals surface area contributed by atoms with Crippen LogP contribution < -0.4 is 17.0 Å². The van der Waals surface area contributed by atoms with Crippen molar-refractivity contribution in [1.29, 1.82) is 0 Å². The monoisotopic (exact) mass is 242 g/mol. The Morgan fingerprint density at radius 1 is 1.41 bits per heavy atom. The number of likely N-dealkylation sites (tertiary alicyclic amines) is 1. The van der Waals surface area contributed by atoms with E-state index >= 15 is 0 Å². The van der Waals surface area contributed by atoms with Crippen LogP contribution in [0.2, 0.25) is 0 Å². The second kappa shape index (κ2) is 6.56. The van der Waals surface area contributed by atoms with Crippen LogP contribution in [0.5, 0.6) is 0 Å². The fourth-order valence-electron chi connectivity index (χ4n) is 2.34. The Kier molecular flexibility index (Phi) is 5.37. The third-order valence-electron chi connectivity index (χ3n) is 3.40. The number of hydrogen-bond donors (Lipinski definition) is 3. The standard InChI is InChI=1S/C11H22N4O2/c1-8(6-11(17)14-13)15-4-2-9(3-5-15)7-10(12)16/h8-9H,2-7,13H2,1H3,(H2,12,16)(H,14,17). The third kappa shape index (κ3) is 4.70. The SMILES string of the molecule is CC(CC(=O)NN)N1CCC(CC(N)=O)CC1. The maximum absolute atomic E-state index is 11.2. The summed E-state index contributed by atoms with van der Waals surface area (Å²) in [7, 11) is 0. The van der Waals surface area contributed by atoms with Crippen LogP contribution in [0.25, 0.3) is 0 Å². The highest BCUT2D eigenvalue weighted by atomic mass is 16.2. The van der Waals surface area contributed by atoms with E-state index in [-0.39, 0.29) is 17.9 Å². The predicted octanol–water partition coefficient (Wildman–Crippen LogP) is -0.658. The zero-order valence-electron chi connectivity index (χ0n) is 10.3. The van der Waals surface area contributed by atoms with Gasteiger partial charge in [0.2, 0.25) is 11.8 Å². The van der Waals surface area contributed by atoms with Gasteiger partial charge < -0.3 is 10.6 Å². The van der Waals surface area contributed by atoms with E-state index in [1.807, 2.05) is 6.92 Å². The zero-order valence-corrected chi connectivity index (χ0v) is 10.3. The molecule has 1 aliphatic rings. The molecule has 0 aromatic rings. The van der Waals surface area contributed by atoms with Gasteiger partial charge in [0.15, 0.2) is 0 Å². The van der Waals surface area contributed by atoms with Crippen LogP contribution in [0.1, 0.15) is 32.6 Å². The number of amides is 2. The number of piperidine rings is 1. The summed E-state index contributed by atoms with van der Waals surface area (Å²) in [5, 5.41) is 0.